The van der Waals surface area contributed by atoms with Crippen molar-refractivity contribution in [3.05, 3.63) is 48.7 Å². The molecule has 0 aliphatic carbocycles. The number of benzene rings is 1. The molecular formula is C10H13NO2. The fraction of sp³-hybridized carbons (Fsp3) is 0.100. The minimum Gasteiger partial charge on any atom is -0.478 e. The van der Waals surface area contributed by atoms with Crippen LogP contribution in [-0.2, 0) is 0 Å². The van der Waals surface area contributed by atoms with Gasteiger partial charge in [-0.1, -0.05) is 24.8 Å². The molecule has 3 nitrogen and oxygen atoms in total. The molecule has 0 unspecified atom stereocenters. The van der Waals surface area contributed by atoms with Crippen LogP contribution in [0.3, 0.4) is 0 Å². The van der Waals surface area contributed by atoms with Crippen LogP contribution in [0.1, 0.15) is 10.4 Å². The number of carboxylic acid groups (broad SMARTS) is 1. The van der Waals surface area contributed by atoms with Crippen molar-refractivity contribution in [2.24, 2.45) is 0 Å². The van der Waals surface area contributed by atoms with E-state index in [0.29, 0.717) is 5.56 Å². The van der Waals surface area contributed by atoms with Crippen LogP contribution in [0.2, 0.25) is 0 Å². The monoisotopic (exact) mass is 179 g/mol. The Morgan fingerprint density at radius 3 is 2.15 bits per heavy atom. The molecule has 1 aromatic carbocycles. The number of hydrogen-bond acceptors (Lipinski definition) is 2. The maximum Gasteiger partial charge on any atom is 0.335 e. The van der Waals surface area contributed by atoms with Gasteiger partial charge in [-0.3, -0.25) is 0 Å². The van der Waals surface area contributed by atoms with Crippen molar-refractivity contribution in [1.29, 1.82) is 0 Å². The first-order valence-corrected chi connectivity index (χ1v) is 3.79. The highest BCUT2D eigenvalue weighted by atomic mass is 16.4. The van der Waals surface area contributed by atoms with Gasteiger partial charge in [0.05, 0.1) is 5.56 Å². The van der Waals surface area contributed by atoms with Crippen LogP contribution in [0.5, 0.6) is 0 Å². The van der Waals surface area contributed by atoms with E-state index < -0.39 is 5.97 Å². The summed E-state index contributed by atoms with van der Waals surface area (Å²) >= 11 is 0. The molecule has 0 aliphatic rings. The molecule has 0 atom stereocenters. The van der Waals surface area contributed by atoms with Gasteiger partial charge in [0.1, 0.15) is 0 Å². The van der Waals surface area contributed by atoms with Crippen LogP contribution < -0.4 is 5.32 Å². The average Bonchev–Trinajstić information content (AvgIpc) is 2.19. The van der Waals surface area contributed by atoms with Crippen molar-refractivity contribution in [2.45, 2.75) is 0 Å². The molecule has 0 amide bonds. The third-order valence-corrected chi connectivity index (χ3v) is 1.22. The van der Waals surface area contributed by atoms with E-state index in [4.69, 9.17) is 5.11 Å². The summed E-state index contributed by atoms with van der Waals surface area (Å²) in [6.45, 7) is 3.37. The van der Waals surface area contributed by atoms with Crippen LogP contribution in [-0.4, -0.2) is 18.1 Å². The molecule has 2 N–H and O–H groups in total. The van der Waals surface area contributed by atoms with Gasteiger partial charge < -0.3 is 10.4 Å². The van der Waals surface area contributed by atoms with Gasteiger partial charge >= 0.3 is 5.97 Å². The second-order valence-electron chi connectivity index (χ2n) is 2.16. The number of nitrogens with one attached hydrogen (secondary N) is 1. The van der Waals surface area contributed by atoms with Crippen molar-refractivity contribution < 1.29 is 9.90 Å². The summed E-state index contributed by atoms with van der Waals surface area (Å²) in [4.78, 5) is 10.2. The molecule has 13 heavy (non-hydrogen) atoms. The largest absolute Gasteiger partial charge is 0.478 e. The van der Waals surface area contributed by atoms with Gasteiger partial charge in [0.25, 0.3) is 0 Å². The summed E-state index contributed by atoms with van der Waals surface area (Å²) in [6.07, 6.45) is 1.62. The van der Waals surface area contributed by atoms with Crippen molar-refractivity contribution in [2.75, 3.05) is 7.05 Å². The van der Waals surface area contributed by atoms with E-state index in [-0.39, 0.29) is 0 Å². The maximum absolute atomic E-state index is 10.2. The van der Waals surface area contributed by atoms with Gasteiger partial charge in [-0.25, -0.2) is 4.79 Å². The molecule has 3 heteroatoms. The van der Waals surface area contributed by atoms with Crippen LogP contribution in [0.25, 0.3) is 0 Å². The highest BCUT2D eigenvalue weighted by Gasteiger charge is 1.96. The van der Waals surface area contributed by atoms with Crippen LogP contribution >= 0.6 is 0 Å². The average molecular weight is 179 g/mol. The smallest absolute Gasteiger partial charge is 0.335 e. The molecule has 1 aromatic rings. The van der Waals surface area contributed by atoms with Gasteiger partial charge in [-0.15, -0.1) is 0 Å². The topological polar surface area (TPSA) is 49.3 Å². The van der Waals surface area contributed by atoms with Crippen LogP contribution in [0.15, 0.2) is 43.1 Å². The molecule has 0 aliphatic heterocycles. The van der Waals surface area contributed by atoms with Gasteiger partial charge in [0, 0.05) is 7.05 Å². The standard InChI is InChI=1S/C7H6O2.C3H7N/c8-7(9)6-4-2-1-3-5-6;1-3-4-2/h1-5H,(H,8,9);3-4H,1H2,2H3. The van der Waals surface area contributed by atoms with Crippen LogP contribution in [0.4, 0.5) is 0 Å². The molecular weight excluding hydrogens is 166 g/mol. The molecule has 0 bridgehead atoms. The molecule has 70 valence electrons. The van der Waals surface area contributed by atoms with Gasteiger partial charge in [0.15, 0.2) is 0 Å². The second-order valence-corrected chi connectivity index (χ2v) is 2.16. The van der Waals surface area contributed by atoms with Gasteiger partial charge in [0.2, 0.25) is 0 Å². The number of hydrogen-bond donors (Lipinski definition) is 2. The lowest BCUT2D eigenvalue weighted by atomic mass is 10.2. The summed E-state index contributed by atoms with van der Waals surface area (Å²) in [5, 5.41) is 11.1. The second kappa shape index (κ2) is 6.91. The predicted molar refractivity (Wildman–Crippen MR) is 52.7 cm³/mol. The van der Waals surface area contributed by atoms with E-state index in [1.165, 1.54) is 0 Å². The first kappa shape index (κ1) is 11.2. The SMILES string of the molecule is C=CNC.O=C(O)c1ccccc1. The van der Waals surface area contributed by atoms with E-state index in [1.54, 1.807) is 36.5 Å². The Morgan fingerprint density at radius 2 is 1.92 bits per heavy atom. The van der Waals surface area contributed by atoms with E-state index in [0.717, 1.165) is 0 Å². The van der Waals surface area contributed by atoms with Gasteiger partial charge in [-0.05, 0) is 18.3 Å². The molecule has 0 spiro atoms. The maximum atomic E-state index is 10.2. The third-order valence-electron chi connectivity index (χ3n) is 1.22. The Hall–Kier alpha value is -1.77. The lowest BCUT2D eigenvalue weighted by Gasteiger charge is -1.88. The molecule has 0 saturated heterocycles. The highest BCUT2D eigenvalue weighted by molar-refractivity contribution is 5.87. The summed E-state index contributed by atoms with van der Waals surface area (Å²) < 4.78 is 0. The lowest BCUT2D eigenvalue weighted by Crippen LogP contribution is -1.93. The lowest BCUT2D eigenvalue weighted by molar-refractivity contribution is 0.0697. The Labute approximate surface area is 77.7 Å². The zero-order valence-corrected chi connectivity index (χ0v) is 7.53. The normalized spacial score (nSPS) is 7.77. The van der Waals surface area contributed by atoms with E-state index >= 15 is 0 Å². The highest BCUT2D eigenvalue weighted by Crippen LogP contribution is 1.96. The molecule has 0 saturated carbocycles. The zero-order valence-electron chi connectivity index (χ0n) is 7.53. The summed E-state index contributed by atoms with van der Waals surface area (Å²) in [6, 6.07) is 8.30. The minimum absolute atomic E-state index is 0.331. The van der Waals surface area contributed by atoms with Crippen LogP contribution in [0, 0.1) is 0 Å². The predicted octanol–water partition coefficient (Wildman–Crippen LogP) is 1.73. The molecule has 1 rings (SSSR count). The van der Waals surface area contributed by atoms with Crippen molar-refractivity contribution in [3.8, 4) is 0 Å². The first-order valence-electron chi connectivity index (χ1n) is 3.79. The number of carboxylic acids is 1. The van der Waals surface area contributed by atoms with E-state index in [1.807, 2.05) is 7.05 Å². The Balaban J connectivity index is 0.000000310. The van der Waals surface area contributed by atoms with Gasteiger partial charge in [-0.2, -0.15) is 0 Å². The first-order chi connectivity index (χ1) is 6.22. The number of carbonyl (C=O) groups is 1. The number of rotatable bonds is 2. The molecule has 0 fully saturated rings. The molecule has 0 radical (unpaired) electrons. The quantitative estimate of drug-likeness (QED) is 0.727. The van der Waals surface area contributed by atoms with E-state index in [2.05, 4.69) is 11.9 Å². The minimum atomic E-state index is -0.879. The molecule has 0 heterocycles. The Bertz CT molecular complexity index is 257. The Morgan fingerprint density at radius 1 is 1.46 bits per heavy atom. The Kier molecular flexibility index (Phi) is 5.97. The summed E-state index contributed by atoms with van der Waals surface area (Å²) in [5.41, 5.74) is 0.331. The zero-order chi connectivity index (χ0) is 10.1. The molecule has 0 aromatic heterocycles. The summed E-state index contributed by atoms with van der Waals surface area (Å²) in [7, 11) is 1.81. The fourth-order valence-corrected chi connectivity index (χ4v) is 0.581. The third kappa shape index (κ3) is 5.49. The fourth-order valence-electron chi connectivity index (χ4n) is 0.581. The number of aromatic carboxylic acids is 1. The van der Waals surface area contributed by atoms with Crippen molar-refractivity contribution >= 4 is 5.97 Å². The van der Waals surface area contributed by atoms with E-state index in [9.17, 15) is 4.79 Å². The summed E-state index contributed by atoms with van der Waals surface area (Å²) in [5.74, 6) is -0.879. The van der Waals surface area contributed by atoms with Crippen molar-refractivity contribution in [3.63, 3.8) is 0 Å². The van der Waals surface area contributed by atoms with Crippen molar-refractivity contribution in [1.82, 2.24) is 5.32 Å².